The van der Waals surface area contributed by atoms with Gasteiger partial charge in [-0.15, -0.1) is 0 Å². The molecular weight excluding hydrogens is 233 g/mol. The normalized spacial score (nSPS) is 14.4. The van der Waals surface area contributed by atoms with Gasteiger partial charge < -0.3 is 20.3 Å². The maximum atomic E-state index is 11.2. The number of nitrogens with two attached hydrogens (primary N) is 1. The Balaban J connectivity index is 4.00. The van der Waals surface area contributed by atoms with Gasteiger partial charge in [-0.2, -0.15) is 0 Å². The second-order valence-corrected chi connectivity index (χ2v) is 5.52. The fourth-order valence-electron chi connectivity index (χ4n) is 0.768. The van der Waals surface area contributed by atoms with Crippen LogP contribution in [-0.4, -0.2) is 34.6 Å². The Hall–Kier alpha value is -0.680. The van der Waals surface area contributed by atoms with Crippen LogP contribution in [0.1, 0.15) is 13.8 Å². The zero-order valence-corrected chi connectivity index (χ0v) is 10.3. The highest BCUT2D eigenvalue weighted by atomic mass is 31.2. The predicted molar refractivity (Wildman–Crippen MR) is 59.8 cm³/mol. The molecule has 0 rings (SSSR count). The molecule has 0 aromatic heterocycles. The van der Waals surface area contributed by atoms with E-state index in [1.807, 2.05) is 13.8 Å². The summed E-state index contributed by atoms with van der Waals surface area (Å²) >= 11 is 0. The van der Waals surface area contributed by atoms with Crippen molar-refractivity contribution in [3.05, 3.63) is 12.2 Å². The maximum Gasteiger partial charge on any atom is 0.329 e. The van der Waals surface area contributed by atoms with Crippen molar-refractivity contribution in [1.29, 1.82) is 0 Å². The average molecular weight is 251 g/mol. The molecule has 16 heavy (non-hydrogen) atoms. The highest BCUT2D eigenvalue weighted by Crippen LogP contribution is 2.33. The van der Waals surface area contributed by atoms with Gasteiger partial charge in [-0.25, -0.2) is 0 Å². The van der Waals surface area contributed by atoms with Gasteiger partial charge in [0.25, 0.3) is 0 Å². The first kappa shape index (κ1) is 15.3. The summed E-state index contributed by atoms with van der Waals surface area (Å²) in [5.41, 5.74) is 5.42. The molecule has 0 aliphatic rings. The number of allylic oxidation sites excluding steroid dienone is 1. The van der Waals surface area contributed by atoms with Crippen LogP contribution in [0.5, 0.6) is 0 Å². The molecule has 0 aliphatic carbocycles. The Morgan fingerprint density at radius 1 is 1.50 bits per heavy atom. The third-order valence-corrected chi connectivity index (χ3v) is 2.20. The smallest absolute Gasteiger partial charge is 0.329 e. The van der Waals surface area contributed by atoms with Crippen molar-refractivity contribution in [2.75, 3.05) is 12.8 Å². The lowest BCUT2D eigenvalue weighted by Gasteiger charge is -2.09. The molecule has 7 heteroatoms. The number of ether oxygens (including phenoxy) is 1. The third kappa shape index (κ3) is 8.61. The van der Waals surface area contributed by atoms with Gasteiger partial charge in [0, 0.05) is 0 Å². The summed E-state index contributed by atoms with van der Waals surface area (Å²) in [6.07, 6.45) is 1.97. The third-order valence-electron chi connectivity index (χ3n) is 1.52. The molecule has 0 heterocycles. The summed E-state index contributed by atoms with van der Waals surface area (Å²) in [6.45, 7) is 4.06. The predicted octanol–water partition coefficient (Wildman–Crippen LogP) is 0.247. The van der Waals surface area contributed by atoms with E-state index < -0.39 is 25.8 Å². The Morgan fingerprint density at radius 3 is 2.50 bits per heavy atom. The van der Waals surface area contributed by atoms with Crippen molar-refractivity contribution in [1.82, 2.24) is 0 Å². The van der Waals surface area contributed by atoms with Crippen LogP contribution < -0.4 is 5.73 Å². The van der Waals surface area contributed by atoms with E-state index in [4.69, 9.17) is 20.3 Å². The Labute approximate surface area is 94.6 Å². The van der Waals surface area contributed by atoms with Gasteiger partial charge in [-0.05, 0) is 5.92 Å². The number of hydrogen-bond acceptors (Lipinski definition) is 4. The average Bonchev–Trinajstić information content (AvgIpc) is 2.11. The van der Waals surface area contributed by atoms with Gasteiger partial charge in [-0.1, -0.05) is 26.0 Å². The quantitative estimate of drug-likeness (QED) is 0.354. The van der Waals surface area contributed by atoms with Crippen LogP contribution in [0.4, 0.5) is 0 Å². The second kappa shape index (κ2) is 6.81. The van der Waals surface area contributed by atoms with Gasteiger partial charge in [0.05, 0.1) is 12.8 Å². The minimum absolute atomic E-state index is 0.218. The van der Waals surface area contributed by atoms with Crippen LogP contribution >= 0.6 is 7.60 Å². The molecule has 0 fully saturated rings. The largest absolute Gasteiger partial charge is 0.464 e. The molecular formula is C9H18NO5P. The monoisotopic (exact) mass is 251 g/mol. The van der Waals surface area contributed by atoms with Crippen LogP contribution in [0, 0.1) is 5.92 Å². The summed E-state index contributed by atoms with van der Waals surface area (Å²) in [4.78, 5) is 28.3. The summed E-state index contributed by atoms with van der Waals surface area (Å²) < 4.78 is 15.3. The van der Waals surface area contributed by atoms with Crippen LogP contribution in [0.15, 0.2) is 12.2 Å². The van der Waals surface area contributed by atoms with E-state index >= 15 is 0 Å². The summed E-state index contributed by atoms with van der Waals surface area (Å²) in [6, 6.07) is -0.981. The first-order valence-electron chi connectivity index (χ1n) is 4.86. The molecule has 1 unspecified atom stereocenters. The first-order chi connectivity index (χ1) is 7.22. The highest BCUT2D eigenvalue weighted by molar-refractivity contribution is 7.51. The van der Waals surface area contributed by atoms with Crippen LogP contribution in [0.3, 0.4) is 0 Å². The minimum atomic E-state index is -4.08. The Morgan fingerprint density at radius 2 is 2.06 bits per heavy atom. The molecule has 0 aliphatic heterocycles. The molecule has 6 nitrogen and oxygen atoms in total. The van der Waals surface area contributed by atoms with E-state index in [2.05, 4.69) is 0 Å². The molecule has 0 saturated carbocycles. The lowest BCUT2D eigenvalue weighted by molar-refractivity contribution is -0.145. The number of esters is 1. The van der Waals surface area contributed by atoms with E-state index in [0.717, 1.165) is 0 Å². The van der Waals surface area contributed by atoms with Crippen LogP contribution in [-0.2, 0) is 14.1 Å². The molecule has 0 aromatic carbocycles. The fraction of sp³-hybridized carbons (Fsp3) is 0.667. The van der Waals surface area contributed by atoms with Gasteiger partial charge in [0.2, 0.25) is 0 Å². The molecule has 0 radical (unpaired) electrons. The summed E-state index contributed by atoms with van der Waals surface area (Å²) in [5.74, 6) is -0.383. The SMILES string of the molecule is CC(C)COC(=O)C(N)/C=C/CP(=O)(O)O. The van der Waals surface area contributed by atoms with Gasteiger partial charge >= 0.3 is 13.6 Å². The maximum absolute atomic E-state index is 11.2. The van der Waals surface area contributed by atoms with Gasteiger partial charge in [-0.3, -0.25) is 9.36 Å². The Kier molecular flexibility index (Phi) is 6.52. The minimum Gasteiger partial charge on any atom is -0.464 e. The highest BCUT2D eigenvalue weighted by Gasteiger charge is 2.14. The van der Waals surface area contributed by atoms with E-state index in [-0.39, 0.29) is 12.5 Å². The van der Waals surface area contributed by atoms with Crippen molar-refractivity contribution in [2.45, 2.75) is 19.9 Å². The van der Waals surface area contributed by atoms with Crippen molar-refractivity contribution < 1.29 is 23.9 Å². The molecule has 0 aromatic rings. The molecule has 94 valence electrons. The van der Waals surface area contributed by atoms with Crippen molar-refractivity contribution in [3.63, 3.8) is 0 Å². The van der Waals surface area contributed by atoms with Gasteiger partial charge in [0.15, 0.2) is 0 Å². The van der Waals surface area contributed by atoms with E-state index in [0.29, 0.717) is 0 Å². The van der Waals surface area contributed by atoms with Crippen LogP contribution in [0.2, 0.25) is 0 Å². The van der Waals surface area contributed by atoms with Crippen molar-refractivity contribution in [2.24, 2.45) is 11.7 Å². The lowest BCUT2D eigenvalue weighted by Crippen LogP contribution is -2.31. The summed E-state index contributed by atoms with van der Waals surface area (Å²) in [5, 5.41) is 0. The molecule has 0 bridgehead atoms. The van der Waals surface area contributed by atoms with Gasteiger partial charge in [0.1, 0.15) is 6.04 Å². The fourth-order valence-corrected chi connectivity index (χ4v) is 1.16. The molecule has 1 atom stereocenters. The molecule has 0 amide bonds. The second-order valence-electron chi connectivity index (χ2n) is 3.83. The zero-order chi connectivity index (χ0) is 12.8. The Bertz CT molecular complexity index is 296. The van der Waals surface area contributed by atoms with Crippen LogP contribution in [0.25, 0.3) is 0 Å². The lowest BCUT2D eigenvalue weighted by atomic mass is 10.2. The first-order valence-corrected chi connectivity index (χ1v) is 6.65. The van der Waals surface area contributed by atoms with Crippen molar-refractivity contribution in [3.8, 4) is 0 Å². The number of rotatable bonds is 6. The molecule has 0 saturated heterocycles. The van der Waals surface area contributed by atoms with E-state index in [1.165, 1.54) is 12.2 Å². The topological polar surface area (TPSA) is 110 Å². The standard InChI is InChI=1S/C9H18NO5P/c1-7(2)6-15-9(11)8(10)4-3-5-16(12,13)14/h3-4,7-8H,5-6,10H2,1-2H3,(H2,12,13,14)/b4-3+. The molecule has 0 spiro atoms. The zero-order valence-electron chi connectivity index (χ0n) is 9.37. The van der Waals surface area contributed by atoms with E-state index in [1.54, 1.807) is 0 Å². The molecule has 4 N–H and O–H groups in total. The number of carbonyl (C=O) groups excluding carboxylic acids is 1. The summed E-state index contributed by atoms with van der Waals surface area (Å²) in [7, 11) is -4.08. The number of hydrogen-bond donors (Lipinski definition) is 3. The van der Waals surface area contributed by atoms with Crippen molar-refractivity contribution >= 4 is 13.6 Å². The van der Waals surface area contributed by atoms with E-state index in [9.17, 15) is 9.36 Å². The number of carbonyl (C=O) groups is 1.